The van der Waals surface area contributed by atoms with E-state index in [0.29, 0.717) is 31.0 Å². The van der Waals surface area contributed by atoms with Gasteiger partial charge in [-0.1, -0.05) is 23.7 Å². The van der Waals surface area contributed by atoms with Gasteiger partial charge in [-0.25, -0.2) is 8.42 Å². The monoisotopic (exact) mass is 543 g/mol. The molecule has 2 aliphatic rings. The van der Waals surface area contributed by atoms with Gasteiger partial charge in [-0.2, -0.15) is 17.5 Å². The molecule has 4 rings (SSSR count). The van der Waals surface area contributed by atoms with E-state index in [2.05, 4.69) is 9.80 Å². The van der Waals surface area contributed by atoms with E-state index in [1.54, 1.807) is 4.31 Å². The first-order valence-electron chi connectivity index (χ1n) is 12.5. The molecule has 0 aromatic heterocycles. The first-order valence-corrected chi connectivity index (χ1v) is 14.3. The number of nitrogens with zero attached hydrogens (tertiary/aromatic N) is 3. The normalized spacial score (nSPS) is 18.8. The fourth-order valence-electron chi connectivity index (χ4n) is 5.07. The van der Waals surface area contributed by atoms with Crippen LogP contribution in [0.5, 0.6) is 0 Å². The highest BCUT2D eigenvalue weighted by Gasteiger charge is 2.35. The van der Waals surface area contributed by atoms with Gasteiger partial charge in [0.15, 0.2) is 0 Å². The quantitative estimate of drug-likeness (QED) is 0.439. The predicted molar refractivity (Wildman–Crippen MR) is 136 cm³/mol. The fourth-order valence-corrected chi connectivity index (χ4v) is 6.87. The molecule has 2 aromatic rings. The first-order chi connectivity index (χ1) is 17.1. The molecule has 2 saturated heterocycles. The molecule has 0 spiro atoms. The Balaban J connectivity index is 1.43. The van der Waals surface area contributed by atoms with Crippen molar-refractivity contribution in [3.8, 4) is 0 Å². The zero-order valence-corrected chi connectivity index (χ0v) is 21.8. The lowest BCUT2D eigenvalue weighted by molar-refractivity contribution is -0.137. The minimum absolute atomic E-state index is 0.0814. The van der Waals surface area contributed by atoms with E-state index in [1.165, 1.54) is 5.56 Å². The summed E-state index contributed by atoms with van der Waals surface area (Å²) < 4.78 is 67.8. The Morgan fingerprint density at radius 2 is 1.44 bits per heavy atom. The SMILES string of the molecule is O=S(=O)(c1ccc(C(F)(F)F)cc1)N(CCN1CCCC1)C1CCN(CCc2ccc(Cl)cc2)CC1. The van der Waals surface area contributed by atoms with Gasteiger partial charge in [-0.15, -0.1) is 0 Å². The molecule has 2 fully saturated rings. The topological polar surface area (TPSA) is 43.9 Å². The number of likely N-dealkylation sites (tertiary alicyclic amines) is 2. The molecule has 2 aliphatic heterocycles. The van der Waals surface area contributed by atoms with Crippen molar-refractivity contribution in [2.75, 3.05) is 45.8 Å². The molecule has 2 aromatic carbocycles. The first kappa shape index (κ1) is 27.4. The van der Waals surface area contributed by atoms with Crippen LogP contribution in [0.2, 0.25) is 5.02 Å². The lowest BCUT2D eigenvalue weighted by Gasteiger charge is -2.38. The number of sulfonamides is 1. The van der Waals surface area contributed by atoms with Crippen molar-refractivity contribution in [3.63, 3.8) is 0 Å². The van der Waals surface area contributed by atoms with E-state index in [0.717, 1.165) is 76.3 Å². The van der Waals surface area contributed by atoms with Crippen molar-refractivity contribution in [2.24, 2.45) is 0 Å². The van der Waals surface area contributed by atoms with Crippen LogP contribution in [0.4, 0.5) is 13.2 Å². The van der Waals surface area contributed by atoms with Crippen molar-refractivity contribution in [3.05, 3.63) is 64.7 Å². The van der Waals surface area contributed by atoms with Crippen LogP contribution in [0.15, 0.2) is 53.4 Å². The maximum absolute atomic E-state index is 13.6. The molecular formula is C26H33ClF3N3O2S. The van der Waals surface area contributed by atoms with Crippen molar-refractivity contribution in [1.82, 2.24) is 14.1 Å². The summed E-state index contributed by atoms with van der Waals surface area (Å²) in [5.74, 6) is 0. The van der Waals surface area contributed by atoms with Crippen LogP contribution in [-0.4, -0.2) is 74.4 Å². The van der Waals surface area contributed by atoms with E-state index in [4.69, 9.17) is 11.6 Å². The highest BCUT2D eigenvalue weighted by Crippen LogP contribution is 2.31. The second-order valence-corrected chi connectivity index (χ2v) is 12.0. The molecule has 0 radical (unpaired) electrons. The van der Waals surface area contributed by atoms with Crippen LogP contribution in [-0.2, 0) is 22.6 Å². The Hall–Kier alpha value is -1.65. The van der Waals surface area contributed by atoms with Crippen molar-refractivity contribution < 1.29 is 21.6 Å². The molecule has 2 heterocycles. The molecule has 5 nitrogen and oxygen atoms in total. The summed E-state index contributed by atoms with van der Waals surface area (Å²) in [6, 6.07) is 11.5. The Kier molecular flexibility index (Phi) is 8.99. The summed E-state index contributed by atoms with van der Waals surface area (Å²) in [5.41, 5.74) is 0.359. The molecule has 0 aliphatic carbocycles. The third-order valence-corrected chi connectivity index (χ3v) is 9.44. The largest absolute Gasteiger partial charge is 0.416 e. The van der Waals surface area contributed by atoms with Crippen LogP contribution in [0.25, 0.3) is 0 Å². The van der Waals surface area contributed by atoms with Gasteiger partial charge in [0.05, 0.1) is 10.5 Å². The van der Waals surface area contributed by atoms with Crippen LogP contribution in [0, 0.1) is 0 Å². The molecule has 0 amide bonds. The van der Waals surface area contributed by atoms with E-state index < -0.39 is 21.8 Å². The van der Waals surface area contributed by atoms with E-state index in [-0.39, 0.29) is 10.9 Å². The van der Waals surface area contributed by atoms with Crippen molar-refractivity contribution in [2.45, 2.75) is 49.2 Å². The molecule has 36 heavy (non-hydrogen) atoms. The number of benzene rings is 2. The third kappa shape index (κ3) is 7.01. The maximum atomic E-state index is 13.6. The predicted octanol–water partition coefficient (Wildman–Crippen LogP) is 5.15. The molecular weight excluding hydrogens is 511 g/mol. The smallest absolute Gasteiger partial charge is 0.303 e. The molecule has 0 atom stereocenters. The van der Waals surface area contributed by atoms with Crippen LogP contribution in [0.1, 0.15) is 36.8 Å². The Morgan fingerprint density at radius 3 is 2.03 bits per heavy atom. The maximum Gasteiger partial charge on any atom is 0.416 e. The molecule has 0 unspecified atom stereocenters. The Morgan fingerprint density at radius 1 is 0.861 bits per heavy atom. The fraction of sp³-hybridized carbons (Fsp3) is 0.538. The number of piperidine rings is 1. The van der Waals surface area contributed by atoms with Crippen LogP contribution < -0.4 is 0 Å². The lowest BCUT2D eigenvalue weighted by atomic mass is 10.0. The minimum Gasteiger partial charge on any atom is -0.303 e. The van der Waals surface area contributed by atoms with Crippen LogP contribution >= 0.6 is 11.6 Å². The summed E-state index contributed by atoms with van der Waals surface area (Å²) in [6.07, 6.45) is -0.00275. The molecule has 0 bridgehead atoms. The summed E-state index contributed by atoms with van der Waals surface area (Å²) in [7, 11) is -3.92. The number of alkyl halides is 3. The van der Waals surface area contributed by atoms with Gasteiger partial charge in [0.2, 0.25) is 10.0 Å². The summed E-state index contributed by atoms with van der Waals surface area (Å²) >= 11 is 5.96. The number of rotatable bonds is 9. The summed E-state index contributed by atoms with van der Waals surface area (Å²) in [5, 5.41) is 0.711. The number of hydrogen-bond donors (Lipinski definition) is 0. The minimum atomic E-state index is -4.50. The highest BCUT2D eigenvalue weighted by atomic mass is 35.5. The van der Waals surface area contributed by atoms with Gasteiger partial charge in [-0.05, 0) is 100 Å². The number of hydrogen-bond acceptors (Lipinski definition) is 4. The van der Waals surface area contributed by atoms with E-state index >= 15 is 0 Å². The zero-order valence-electron chi connectivity index (χ0n) is 20.3. The molecule has 198 valence electrons. The van der Waals surface area contributed by atoms with Gasteiger partial charge in [-0.3, -0.25) is 0 Å². The number of halogens is 4. The standard InChI is InChI=1S/C26H33ClF3N3O2S/c27-23-7-3-21(4-8-23)11-16-32-17-12-24(13-18-32)33(20-19-31-14-1-2-15-31)36(34,35)25-9-5-22(6-10-25)26(28,29)30/h3-10,24H,1-2,11-20H2. The van der Waals surface area contributed by atoms with Gasteiger partial charge in [0.25, 0.3) is 0 Å². The average molecular weight is 544 g/mol. The average Bonchev–Trinajstić information content (AvgIpc) is 3.38. The Bertz CT molecular complexity index is 1080. The lowest BCUT2D eigenvalue weighted by Crippen LogP contribution is -2.49. The van der Waals surface area contributed by atoms with E-state index in [1.807, 2.05) is 24.3 Å². The van der Waals surface area contributed by atoms with Crippen molar-refractivity contribution in [1.29, 1.82) is 0 Å². The molecule has 10 heteroatoms. The van der Waals surface area contributed by atoms with E-state index in [9.17, 15) is 21.6 Å². The second-order valence-electron chi connectivity index (χ2n) is 9.64. The van der Waals surface area contributed by atoms with Gasteiger partial charge < -0.3 is 9.80 Å². The summed E-state index contributed by atoms with van der Waals surface area (Å²) in [6.45, 7) is 5.33. The van der Waals surface area contributed by atoms with Crippen molar-refractivity contribution >= 4 is 21.6 Å². The molecule has 0 saturated carbocycles. The second kappa shape index (κ2) is 11.8. The Labute approximate surface area is 216 Å². The third-order valence-electron chi connectivity index (χ3n) is 7.22. The molecule has 0 N–H and O–H groups in total. The van der Waals surface area contributed by atoms with Gasteiger partial charge in [0, 0.05) is 30.7 Å². The van der Waals surface area contributed by atoms with Gasteiger partial charge in [0.1, 0.15) is 0 Å². The highest BCUT2D eigenvalue weighted by molar-refractivity contribution is 7.89. The van der Waals surface area contributed by atoms with Gasteiger partial charge >= 0.3 is 6.18 Å². The summed E-state index contributed by atoms with van der Waals surface area (Å²) in [4.78, 5) is 4.52. The zero-order chi connectivity index (χ0) is 25.8. The van der Waals surface area contributed by atoms with Crippen LogP contribution in [0.3, 0.4) is 0 Å².